The first-order chi connectivity index (χ1) is 11.9. The Hall–Kier alpha value is -2.24. The maximum atomic E-state index is 12.5. The highest BCUT2D eigenvalue weighted by Gasteiger charge is 2.23. The van der Waals surface area contributed by atoms with E-state index in [0.29, 0.717) is 23.5 Å². The maximum Gasteiger partial charge on any atom is 0.326 e. The zero-order valence-electron chi connectivity index (χ0n) is 15.1. The Bertz CT molecular complexity index is 608. The number of amides is 1. The monoisotopic (exact) mass is 349 g/mol. The summed E-state index contributed by atoms with van der Waals surface area (Å²) in [5.74, 6) is -0.193. The topological polar surface area (TPSA) is 84.9 Å². The molecule has 1 aliphatic rings. The first-order valence-electron chi connectivity index (χ1n) is 8.79. The number of benzene rings is 1. The Balaban J connectivity index is 2.14. The van der Waals surface area contributed by atoms with Crippen molar-refractivity contribution < 1.29 is 24.2 Å². The number of carbonyl (C=O) groups excluding carboxylic acids is 1. The standard InChI is InChI=1S/C19H27NO5/c1-12(2)10-15(19(22)23)20-18(21)13-8-9-16(24-3)17(11-13)25-14-6-4-5-7-14/h8-9,11-12,14-15H,4-7,10H2,1-3H3,(H,20,21)(H,22,23)/t15-/m1/s1. The second kappa shape index (κ2) is 8.74. The van der Waals surface area contributed by atoms with Gasteiger partial charge in [-0.15, -0.1) is 0 Å². The summed E-state index contributed by atoms with van der Waals surface area (Å²) in [7, 11) is 1.56. The van der Waals surface area contributed by atoms with Gasteiger partial charge in [-0.2, -0.15) is 0 Å². The molecule has 1 aliphatic carbocycles. The number of ether oxygens (including phenoxy) is 2. The molecule has 1 aromatic carbocycles. The van der Waals surface area contributed by atoms with E-state index in [4.69, 9.17) is 9.47 Å². The molecule has 0 saturated heterocycles. The lowest BCUT2D eigenvalue weighted by Crippen LogP contribution is -2.41. The molecule has 0 aliphatic heterocycles. The van der Waals surface area contributed by atoms with E-state index in [1.165, 1.54) is 0 Å². The van der Waals surface area contributed by atoms with E-state index in [9.17, 15) is 14.7 Å². The molecule has 2 rings (SSSR count). The molecule has 1 amide bonds. The Morgan fingerprint density at radius 3 is 2.48 bits per heavy atom. The Morgan fingerprint density at radius 1 is 1.24 bits per heavy atom. The minimum Gasteiger partial charge on any atom is -0.493 e. The second-order valence-electron chi connectivity index (χ2n) is 6.88. The number of nitrogens with one attached hydrogen (secondary N) is 1. The number of carbonyl (C=O) groups is 2. The van der Waals surface area contributed by atoms with Crippen molar-refractivity contribution in [2.45, 2.75) is 58.1 Å². The average Bonchev–Trinajstić information content (AvgIpc) is 3.06. The van der Waals surface area contributed by atoms with Gasteiger partial charge in [0.15, 0.2) is 11.5 Å². The number of carboxylic acids is 1. The molecule has 0 bridgehead atoms. The number of methoxy groups -OCH3 is 1. The highest BCUT2D eigenvalue weighted by molar-refractivity contribution is 5.97. The summed E-state index contributed by atoms with van der Waals surface area (Å²) in [6.07, 6.45) is 4.79. The van der Waals surface area contributed by atoms with Crippen molar-refractivity contribution >= 4 is 11.9 Å². The van der Waals surface area contributed by atoms with Crippen LogP contribution in [0.1, 0.15) is 56.3 Å². The van der Waals surface area contributed by atoms with Gasteiger partial charge in [0.05, 0.1) is 13.2 Å². The summed E-state index contributed by atoms with van der Waals surface area (Å²) in [6, 6.07) is 4.01. The lowest BCUT2D eigenvalue weighted by Gasteiger charge is -2.18. The van der Waals surface area contributed by atoms with Crippen molar-refractivity contribution in [2.24, 2.45) is 5.92 Å². The van der Waals surface area contributed by atoms with Crippen molar-refractivity contribution in [2.75, 3.05) is 7.11 Å². The summed E-state index contributed by atoms with van der Waals surface area (Å²) in [6.45, 7) is 3.84. The molecule has 0 spiro atoms. The van der Waals surface area contributed by atoms with Crippen molar-refractivity contribution in [3.8, 4) is 11.5 Å². The average molecular weight is 349 g/mol. The quantitative estimate of drug-likeness (QED) is 0.752. The summed E-state index contributed by atoms with van der Waals surface area (Å²) in [5, 5.41) is 11.9. The van der Waals surface area contributed by atoms with Crippen LogP contribution in [0.5, 0.6) is 11.5 Å². The molecule has 1 saturated carbocycles. The number of hydrogen-bond donors (Lipinski definition) is 2. The summed E-state index contributed by atoms with van der Waals surface area (Å²) >= 11 is 0. The van der Waals surface area contributed by atoms with Crippen LogP contribution in [0.25, 0.3) is 0 Å². The fraction of sp³-hybridized carbons (Fsp3) is 0.579. The zero-order valence-corrected chi connectivity index (χ0v) is 15.1. The van der Waals surface area contributed by atoms with Gasteiger partial charge in [-0.25, -0.2) is 4.79 Å². The first-order valence-corrected chi connectivity index (χ1v) is 8.79. The van der Waals surface area contributed by atoms with Crippen molar-refractivity contribution in [1.82, 2.24) is 5.32 Å². The van der Waals surface area contributed by atoms with E-state index in [-0.39, 0.29) is 12.0 Å². The molecule has 6 heteroatoms. The SMILES string of the molecule is COc1ccc(C(=O)N[C@H](CC(C)C)C(=O)O)cc1OC1CCCC1. The number of hydrogen-bond acceptors (Lipinski definition) is 4. The fourth-order valence-corrected chi connectivity index (χ4v) is 3.03. The lowest BCUT2D eigenvalue weighted by molar-refractivity contribution is -0.139. The molecule has 2 N–H and O–H groups in total. The summed E-state index contributed by atoms with van der Waals surface area (Å²) in [4.78, 5) is 23.8. The largest absolute Gasteiger partial charge is 0.493 e. The third kappa shape index (κ3) is 5.37. The second-order valence-corrected chi connectivity index (χ2v) is 6.88. The van der Waals surface area contributed by atoms with Gasteiger partial charge in [0.2, 0.25) is 0 Å². The molecular weight excluding hydrogens is 322 g/mol. The van der Waals surface area contributed by atoms with Crippen LogP contribution in [0, 0.1) is 5.92 Å². The van der Waals surface area contributed by atoms with Gasteiger partial charge < -0.3 is 19.9 Å². The molecule has 1 fully saturated rings. The minimum atomic E-state index is -1.03. The number of carboxylic acid groups (broad SMARTS) is 1. The van der Waals surface area contributed by atoms with Crippen LogP contribution in [0.4, 0.5) is 0 Å². The molecule has 1 aromatic rings. The zero-order chi connectivity index (χ0) is 18.4. The third-order valence-corrected chi connectivity index (χ3v) is 4.33. The molecule has 138 valence electrons. The maximum absolute atomic E-state index is 12.5. The van der Waals surface area contributed by atoms with Gasteiger partial charge in [0.25, 0.3) is 5.91 Å². The first kappa shape index (κ1) is 19.1. The Morgan fingerprint density at radius 2 is 1.92 bits per heavy atom. The van der Waals surface area contributed by atoms with Crippen LogP contribution in [0.2, 0.25) is 0 Å². The van der Waals surface area contributed by atoms with Crippen LogP contribution >= 0.6 is 0 Å². The van der Waals surface area contributed by atoms with Crippen LogP contribution in [-0.4, -0.2) is 36.2 Å². The van der Waals surface area contributed by atoms with Gasteiger partial charge in [0.1, 0.15) is 6.04 Å². The highest BCUT2D eigenvalue weighted by atomic mass is 16.5. The normalized spacial score (nSPS) is 15.8. The number of aliphatic carboxylic acids is 1. The smallest absolute Gasteiger partial charge is 0.326 e. The van der Waals surface area contributed by atoms with Crippen LogP contribution in [0.3, 0.4) is 0 Å². The lowest BCUT2D eigenvalue weighted by atomic mass is 10.0. The van der Waals surface area contributed by atoms with Crippen LogP contribution < -0.4 is 14.8 Å². The number of rotatable bonds is 8. The predicted octanol–water partition coefficient (Wildman–Crippen LogP) is 3.25. The van der Waals surface area contributed by atoms with Gasteiger partial charge >= 0.3 is 5.97 Å². The van der Waals surface area contributed by atoms with Crippen LogP contribution in [0.15, 0.2) is 18.2 Å². The summed E-state index contributed by atoms with van der Waals surface area (Å²) < 4.78 is 11.3. The van der Waals surface area contributed by atoms with E-state index in [1.807, 2.05) is 13.8 Å². The van der Waals surface area contributed by atoms with Gasteiger partial charge in [-0.1, -0.05) is 13.8 Å². The molecule has 6 nitrogen and oxygen atoms in total. The van der Waals surface area contributed by atoms with Crippen LogP contribution in [-0.2, 0) is 4.79 Å². The summed E-state index contributed by atoms with van der Waals surface area (Å²) in [5.41, 5.74) is 0.365. The molecule has 25 heavy (non-hydrogen) atoms. The van der Waals surface area contributed by atoms with E-state index in [1.54, 1.807) is 25.3 Å². The highest BCUT2D eigenvalue weighted by Crippen LogP contribution is 2.32. The predicted molar refractivity (Wildman–Crippen MR) is 94.2 cm³/mol. The van der Waals surface area contributed by atoms with Gasteiger partial charge in [0, 0.05) is 5.56 Å². The van der Waals surface area contributed by atoms with E-state index < -0.39 is 17.9 Å². The molecule has 0 unspecified atom stereocenters. The minimum absolute atomic E-state index is 0.139. The Labute approximate surface area is 148 Å². The van der Waals surface area contributed by atoms with Gasteiger partial charge in [-0.3, -0.25) is 4.79 Å². The molecule has 0 aromatic heterocycles. The van der Waals surface area contributed by atoms with E-state index >= 15 is 0 Å². The molecule has 0 radical (unpaired) electrons. The van der Waals surface area contributed by atoms with Crippen molar-refractivity contribution in [1.29, 1.82) is 0 Å². The molecule has 1 atom stereocenters. The van der Waals surface area contributed by atoms with Gasteiger partial charge in [-0.05, 0) is 56.2 Å². The van der Waals surface area contributed by atoms with E-state index in [2.05, 4.69) is 5.32 Å². The molecule has 0 heterocycles. The van der Waals surface area contributed by atoms with Crippen molar-refractivity contribution in [3.05, 3.63) is 23.8 Å². The fourth-order valence-electron chi connectivity index (χ4n) is 3.03. The molecular formula is C19H27NO5. The Kier molecular flexibility index (Phi) is 6.67. The third-order valence-electron chi connectivity index (χ3n) is 4.33. The van der Waals surface area contributed by atoms with Crippen molar-refractivity contribution in [3.63, 3.8) is 0 Å². The van der Waals surface area contributed by atoms with E-state index in [0.717, 1.165) is 25.7 Å².